The summed E-state index contributed by atoms with van der Waals surface area (Å²) in [7, 11) is 0. The van der Waals surface area contributed by atoms with Gasteiger partial charge in [0.05, 0.1) is 12.9 Å². The highest BCUT2D eigenvalue weighted by Crippen LogP contribution is 2.20. The highest BCUT2D eigenvalue weighted by Gasteiger charge is 2.24. The van der Waals surface area contributed by atoms with Gasteiger partial charge in [-0.3, -0.25) is 4.90 Å². The van der Waals surface area contributed by atoms with E-state index in [9.17, 15) is 0 Å². The van der Waals surface area contributed by atoms with Gasteiger partial charge in [-0.1, -0.05) is 0 Å². The summed E-state index contributed by atoms with van der Waals surface area (Å²) in [6.07, 6.45) is 5.30. The first-order chi connectivity index (χ1) is 9.31. The van der Waals surface area contributed by atoms with Crippen LogP contribution >= 0.6 is 0 Å². The first-order valence-corrected chi connectivity index (χ1v) is 6.42. The molecule has 6 heteroatoms. The molecule has 100 valence electrons. The number of rotatable bonds is 3. The molecule has 1 saturated heterocycles. The van der Waals surface area contributed by atoms with E-state index in [0.717, 1.165) is 36.8 Å². The minimum absolute atomic E-state index is 0.0448. The Labute approximate surface area is 111 Å². The van der Waals surface area contributed by atoms with E-state index in [4.69, 9.17) is 4.74 Å². The smallest absolute Gasteiger partial charge is 0.158 e. The molecule has 0 bridgehead atoms. The molecule has 2 aromatic rings. The largest absolute Gasteiger partial charge is 0.368 e. The molecule has 0 aliphatic carbocycles. The molecule has 0 unspecified atom stereocenters. The van der Waals surface area contributed by atoms with Gasteiger partial charge < -0.3 is 9.72 Å². The maximum Gasteiger partial charge on any atom is 0.158 e. The molecule has 1 N–H and O–H groups in total. The van der Waals surface area contributed by atoms with Crippen molar-refractivity contribution in [1.29, 1.82) is 0 Å². The second-order valence-electron chi connectivity index (χ2n) is 4.73. The van der Waals surface area contributed by atoms with E-state index in [2.05, 4.69) is 24.8 Å². The quantitative estimate of drug-likeness (QED) is 0.893. The number of hydrogen-bond donors (Lipinski definition) is 1. The van der Waals surface area contributed by atoms with Gasteiger partial charge in [0.15, 0.2) is 5.82 Å². The fourth-order valence-electron chi connectivity index (χ4n) is 2.24. The molecule has 0 aromatic carbocycles. The van der Waals surface area contributed by atoms with Crippen LogP contribution in [-0.4, -0.2) is 44.5 Å². The lowest BCUT2D eigenvalue weighted by Crippen LogP contribution is -2.38. The number of aromatic amines is 1. The Morgan fingerprint density at radius 2 is 2.47 bits per heavy atom. The van der Waals surface area contributed by atoms with E-state index in [1.807, 2.05) is 19.2 Å². The van der Waals surface area contributed by atoms with E-state index < -0.39 is 0 Å². The highest BCUT2D eigenvalue weighted by molar-refractivity contribution is 5.03. The highest BCUT2D eigenvalue weighted by atomic mass is 16.5. The summed E-state index contributed by atoms with van der Waals surface area (Å²) in [4.78, 5) is 18.2. The van der Waals surface area contributed by atoms with Crippen molar-refractivity contribution >= 4 is 0 Å². The average Bonchev–Trinajstić information content (AvgIpc) is 2.92. The van der Waals surface area contributed by atoms with Crippen molar-refractivity contribution < 1.29 is 4.74 Å². The lowest BCUT2D eigenvalue weighted by atomic mass is 10.2. The fraction of sp³-hybridized carbons (Fsp3) is 0.462. The summed E-state index contributed by atoms with van der Waals surface area (Å²) >= 11 is 0. The van der Waals surface area contributed by atoms with Gasteiger partial charge in [0.25, 0.3) is 0 Å². The number of hydrogen-bond acceptors (Lipinski definition) is 5. The van der Waals surface area contributed by atoms with Gasteiger partial charge in [-0.15, -0.1) is 0 Å². The normalized spacial score (nSPS) is 20.6. The SMILES string of the molecule is Cc1ccnc([C@@H]2CN(Cc3cnc[nH]3)CCO2)n1. The first kappa shape index (κ1) is 12.3. The number of H-pyrrole nitrogens is 1. The molecule has 6 nitrogen and oxygen atoms in total. The predicted molar refractivity (Wildman–Crippen MR) is 69.3 cm³/mol. The third kappa shape index (κ3) is 2.97. The molecule has 0 spiro atoms. The zero-order valence-electron chi connectivity index (χ0n) is 10.9. The third-order valence-electron chi connectivity index (χ3n) is 3.20. The minimum atomic E-state index is -0.0448. The molecule has 1 atom stereocenters. The summed E-state index contributed by atoms with van der Waals surface area (Å²) in [5.74, 6) is 0.773. The summed E-state index contributed by atoms with van der Waals surface area (Å²) in [5.41, 5.74) is 2.09. The number of aryl methyl sites for hydroxylation is 1. The van der Waals surface area contributed by atoms with Gasteiger partial charge >= 0.3 is 0 Å². The lowest BCUT2D eigenvalue weighted by Gasteiger charge is -2.31. The number of nitrogens with zero attached hydrogens (tertiary/aromatic N) is 4. The number of morpholine rings is 1. The Bertz CT molecular complexity index is 528. The topological polar surface area (TPSA) is 66.9 Å². The molecule has 3 heterocycles. The van der Waals surface area contributed by atoms with Crippen LogP contribution in [0.15, 0.2) is 24.8 Å². The molecule has 19 heavy (non-hydrogen) atoms. The molecule has 1 fully saturated rings. The van der Waals surface area contributed by atoms with Gasteiger partial charge in [0.2, 0.25) is 0 Å². The molecule has 1 aliphatic rings. The van der Waals surface area contributed by atoms with Gasteiger partial charge in [-0.2, -0.15) is 0 Å². The van der Waals surface area contributed by atoms with Gasteiger partial charge in [-0.25, -0.2) is 15.0 Å². The van der Waals surface area contributed by atoms with Crippen molar-refractivity contribution in [3.63, 3.8) is 0 Å². The molecule has 2 aromatic heterocycles. The van der Waals surface area contributed by atoms with Gasteiger partial charge in [0.1, 0.15) is 6.10 Å². The van der Waals surface area contributed by atoms with E-state index in [1.165, 1.54) is 0 Å². The molecule has 1 aliphatic heterocycles. The van der Waals surface area contributed by atoms with Crippen LogP contribution in [0.2, 0.25) is 0 Å². The van der Waals surface area contributed by atoms with Crippen molar-refractivity contribution in [2.24, 2.45) is 0 Å². The summed E-state index contributed by atoms with van der Waals surface area (Å²) in [5, 5.41) is 0. The van der Waals surface area contributed by atoms with Gasteiger partial charge in [-0.05, 0) is 13.0 Å². The second-order valence-corrected chi connectivity index (χ2v) is 4.73. The van der Waals surface area contributed by atoms with Crippen LogP contribution in [0.3, 0.4) is 0 Å². The summed E-state index contributed by atoms with van der Waals surface area (Å²) in [6.45, 7) is 5.25. The van der Waals surface area contributed by atoms with Crippen LogP contribution in [-0.2, 0) is 11.3 Å². The maximum atomic E-state index is 5.78. The fourth-order valence-corrected chi connectivity index (χ4v) is 2.24. The van der Waals surface area contributed by atoms with Crippen LogP contribution in [0.4, 0.5) is 0 Å². The van der Waals surface area contributed by atoms with Crippen molar-refractivity contribution in [1.82, 2.24) is 24.8 Å². The van der Waals surface area contributed by atoms with E-state index in [-0.39, 0.29) is 6.10 Å². The number of ether oxygens (including phenoxy) is 1. The Balaban J connectivity index is 1.67. The van der Waals surface area contributed by atoms with Crippen LogP contribution < -0.4 is 0 Å². The van der Waals surface area contributed by atoms with Crippen LogP contribution in [0.5, 0.6) is 0 Å². The summed E-state index contributed by atoms with van der Waals surface area (Å²) < 4.78 is 5.78. The second kappa shape index (κ2) is 5.46. The number of imidazole rings is 1. The molecule has 0 saturated carbocycles. The molecular formula is C13H17N5O. The molecule has 0 amide bonds. The zero-order chi connectivity index (χ0) is 13.1. The van der Waals surface area contributed by atoms with Crippen molar-refractivity contribution in [2.45, 2.75) is 19.6 Å². The Morgan fingerprint density at radius 1 is 1.53 bits per heavy atom. The van der Waals surface area contributed by atoms with Crippen molar-refractivity contribution in [2.75, 3.05) is 19.7 Å². The molecular weight excluding hydrogens is 242 g/mol. The zero-order valence-corrected chi connectivity index (χ0v) is 10.9. The monoisotopic (exact) mass is 259 g/mol. The van der Waals surface area contributed by atoms with E-state index in [0.29, 0.717) is 6.61 Å². The molecule has 0 radical (unpaired) electrons. The Morgan fingerprint density at radius 3 is 3.26 bits per heavy atom. The Kier molecular flexibility index (Phi) is 3.52. The van der Waals surface area contributed by atoms with Gasteiger partial charge in [0, 0.05) is 43.4 Å². The Hall–Kier alpha value is -1.79. The number of aromatic nitrogens is 4. The van der Waals surface area contributed by atoms with Crippen molar-refractivity contribution in [3.05, 3.63) is 42.0 Å². The van der Waals surface area contributed by atoms with Crippen LogP contribution in [0.25, 0.3) is 0 Å². The standard InChI is InChI=1S/C13H17N5O/c1-10-2-3-15-13(17-10)12-8-18(4-5-19-12)7-11-6-14-9-16-11/h2-3,6,9,12H,4-5,7-8H2,1H3,(H,14,16)/t12-/m0/s1. The lowest BCUT2D eigenvalue weighted by molar-refractivity contribution is -0.0376. The van der Waals surface area contributed by atoms with E-state index in [1.54, 1.807) is 12.5 Å². The minimum Gasteiger partial charge on any atom is -0.368 e. The van der Waals surface area contributed by atoms with Crippen LogP contribution in [0.1, 0.15) is 23.3 Å². The third-order valence-corrected chi connectivity index (χ3v) is 3.20. The van der Waals surface area contributed by atoms with E-state index >= 15 is 0 Å². The first-order valence-electron chi connectivity index (χ1n) is 6.42. The van der Waals surface area contributed by atoms with Crippen molar-refractivity contribution in [3.8, 4) is 0 Å². The predicted octanol–water partition coefficient (Wildman–Crippen LogP) is 1.08. The maximum absolute atomic E-state index is 5.78. The number of nitrogens with one attached hydrogen (secondary N) is 1. The van der Waals surface area contributed by atoms with Crippen LogP contribution in [0, 0.1) is 6.92 Å². The average molecular weight is 259 g/mol. The molecule has 3 rings (SSSR count). The summed E-state index contributed by atoms with van der Waals surface area (Å²) in [6, 6.07) is 1.90.